The van der Waals surface area contributed by atoms with Crippen molar-refractivity contribution >= 4 is 29.7 Å². The molecule has 2 aromatic heterocycles. The smallest absolute Gasteiger partial charge is 0.409 e. The van der Waals surface area contributed by atoms with E-state index in [1.54, 1.807) is 53.7 Å². The number of carbonyl (C=O) groups excluding carboxylic acids is 3. The number of nitrogens with one attached hydrogen (secondary N) is 1. The Morgan fingerprint density at radius 2 is 1.82 bits per heavy atom. The minimum absolute atomic E-state index is 0.0906. The Kier molecular flexibility index (Phi) is 8.08. The fraction of sp³-hybridized carbons (Fsp3) is 0.522. The summed E-state index contributed by atoms with van der Waals surface area (Å²) in [5.74, 6) is -0.382. The van der Waals surface area contributed by atoms with Crippen molar-refractivity contribution in [1.29, 1.82) is 0 Å². The van der Waals surface area contributed by atoms with Gasteiger partial charge in [0.1, 0.15) is 6.04 Å². The summed E-state index contributed by atoms with van der Waals surface area (Å²) in [4.78, 5) is 40.6. The largest absolute Gasteiger partial charge is 0.450 e. The summed E-state index contributed by atoms with van der Waals surface area (Å²) in [7, 11) is 0. The lowest BCUT2D eigenvalue weighted by Gasteiger charge is -2.35. The Bertz CT molecular complexity index is 1060. The quantitative estimate of drug-likeness (QED) is 0.620. The van der Waals surface area contributed by atoms with Gasteiger partial charge in [-0.25, -0.2) is 4.79 Å². The highest BCUT2D eigenvalue weighted by Gasteiger charge is 2.29. The lowest BCUT2D eigenvalue weighted by Crippen LogP contribution is -2.52. The van der Waals surface area contributed by atoms with Crippen LogP contribution in [0.25, 0.3) is 6.08 Å². The molecule has 1 atom stereocenters. The maximum absolute atomic E-state index is 13.0. The van der Waals surface area contributed by atoms with Gasteiger partial charge < -0.3 is 19.9 Å². The van der Waals surface area contributed by atoms with E-state index in [-0.39, 0.29) is 17.9 Å². The van der Waals surface area contributed by atoms with E-state index in [2.05, 4.69) is 15.5 Å². The first-order chi connectivity index (χ1) is 16.2. The Morgan fingerprint density at radius 1 is 1.15 bits per heavy atom. The van der Waals surface area contributed by atoms with E-state index < -0.39 is 6.04 Å². The zero-order valence-electron chi connectivity index (χ0n) is 20.4. The van der Waals surface area contributed by atoms with E-state index in [0.29, 0.717) is 44.2 Å². The Balaban J connectivity index is 1.58. The molecule has 34 heavy (non-hydrogen) atoms. The number of nitrogens with zero attached hydrogens (tertiary/aromatic N) is 6. The van der Waals surface area contributed by atoms with E-state index >= 15 is 0 Å². The maximum Gasteiger partial charge on any atom is 0.409 e. The molecule has 0 radical (unpaired) electrons. The molecule has 0 bridgehead atoms. The standard InChI is InChI=1S/C23H33N7O4/c1-6-29-17(4)19(14-24-29)8-9-21(31)25-20-15-30(26-16(20)3)18(5)22(32)27-10-12-28(13-11-27)23(33)34-7-2/h8-9,14-15,18H,6-7,10-13H2,1-5H3,(H,25,31)/b9-8+. The third-order valence-electron chi connectivity index (χ3n) is 5.90. The number of aryl methyl sites for hydroxylation is 2. The fourth-order valence-electron chi connectivity index (χ4n) is 3.79. The second-order valence-corrected chi connectivity index (χ2v) is 8.12. The molecule has 3 heterocycles. The first-order valence-corrected chi connectivity index (χ1v) is 11.5. The average Bonchev–Trinajstić information content (AvgIpc) is 3.38. The van der Waals surface area contributed by atoms with E-state index in [1.807, 2.05) is 18.5 Å². The van der Waals surface area contributed by atoms with Gasteiger partial charge in [-0.05, 0) is 40.7 Å². The number of hydrogen-bond donors (Lipinski definition) is 1. The molecule has 0 aromatic carbocycles. The highest BCUT2D eigenvalue weighted by Crippen LogP contribution is 2.19. The molecular formula is C23H33N7O4. The maximum atomic E-state index is 13.0. The minimum Gasteiger partial charge on any atom is -0.450 e. The number of aromatic nitrogens is 4. The van der Waals surface area contributed by atoms with E-state index in [1.165, 1.54) is 6.08 Å². The normalized spacial score (nSPS) is 15.0. The van der Waals surface area contributed by atoms with Crippen molar-refractivity contribution in [1.82, 2.24) is 29.4 Å². The molecule has 3 amide bonds. The molecule has 11 heteroatoms. The fourth-order valence-corrected chi connectivity index (χ4v) is 3.79. The van der Waals surface area contributed by atoms with Gasteiger partial charge in [0.05, 0.1) is 24.2 Å². The van der Waals surface area contributed by atoms with Crippen LogP contribution in [0.3, 0.4) is 0 Å². The lowest BCUT2D eigenvalue weighted by atomic mass is 10.2. The van der Waals surface area contributed by atoms with Gasteiger partial charge in [0.25, 0.3) is 0 Å². The van der Waals surface area contributed by atoms with Crippen LogP contribution < -0.4 is 5.32 Å². The zero-order valence-corrected chi connectivity index (χ0v) is 20.4. The molecule has 3 rings (SSSR count). The van der Waals surface area contributed by atoms with Gasteiger partial charge in [-0.1, -0.05) is 0 Å². The predicted molar refractivity (Wildman–Crippen MR) is 127 cm³/mol. The zero-order chi connectivity index (χ0) is 24.8. The van der Waals surface area contributed by atoms with Gasteiger partial charge in [-0.2, -0.15) is 10.2 Å². The van der Waals surface area contributed by atoms with Crippen molar-refractivity contribution in [2.75, 3.05) is 38.1 Å². The van der Waals surface area contributed by atoms with Gasteiger partial charge in [-0.3, -0.25) is 19.0 Å². The molecule has 11 nitrogen and oxygen atoms in total. The topological polar surface area (TPSA) is 115 Å². The van der Waals surface area contributed by atoms with Crippen molar-refractivity contribution in [2.24, 2.45) is 0 Å². The van der Waals surface area contributed by atoms with Crippen LogP contribution in [-0.4, -0.2) is 80.1 Å². The molecule has 1 N–H and O–H groups in total. The van der Waals surface area contributed by atoms with E-state index in [0.717, 1.165) is 17.8 Å². The predicted octanol–water partition coefficient (Wildman–Crippen LogP) is 2.23. The SMILES string of the molecule is CCOC(=O)N1CCN(C(=O)C(C)n2cc(NC(=O)/C=C/c3cnn(CC)c3C)c(C)n2)CC1. The molecule has 1 aliphatic rings. The van der Waals surface area contributed by atoms with Crippen molar-refractivity contribution in [3.63, 3.8) is 0 Å². The van der Waals surface area contributed by atoms with Gasteiger partial charge in [-0.15, -0.1) is 0 Å². The molecule has 0 aliphatic carbocycles. The van der Waals surface area contributed by atoms with Crippen LogP contribution in [0.5, 0.6) is 0 Å². The first-order valence-electron chi connectivity index (χ1n) is 11.5. The third kappa shape index (κ3) is 5.64. The van der Waals surface area contributed by atoms with E-state index in [4.69, 9.17) is 4.74 Å². The second-order valence-electron chi connectivity index (χ2n) is 8.12. The molecule has 184 valence electrons. The molecule has 1 saturated heterocycles. The van der Waals surface area contributed by atoms with Crippen LogP contribution in [0.15, 0.2) is 18.5 Å². The molecule has 1 aliphatic heterocycles. The van der Waals surface area contributed by atoms with Crippen molar-refractivity contribution < 1.29 is 19.1 Å². The molecule has 0 spiro atoms. The van der Waals surface area contributed by atoms with Gasteiger partial charge in [0.2, 0.25) is 11.8 Å². The highest BCUT2D eigenvalue weighted by atomic mass is 16.6. The van der Waals surface area contributed by atoms with Crippen LogP contribution in [0, 0.1) is 13.8 Å². The average molecular weight is 472 g/mol. The van der Waals surface area contributed by atoms with Crippen LogP contribution in [0.4, 0.5) is 10.5 Å². The van der Waals surface area contributed by atoms with Crippen LogP contribution in [0.2, 0.25) is 0 Å². The van der Waals surface area contributed by atoms with Crippen LogP contribution >= 0.6 is 0 Å². The number of anilines is 1. The monoisotopic (exact) mass is 471 g/mol. The minimum atomic E-state index is -0.545. The number of carbonyl (C=O) groups is 3. The highest BCUT2D eigenvalue weighted by molar-refractivity contribution is 6.02. The van der Waals surface area contributed by atoms with Crippen molar-refractivity contribution in [3.05, 3.63) is 35.4 Å². The number of hydrogen-bond acceptors (Lipinski definition) is 6. The molecule has 2 aromatic rings. The van der Waals surface area contributed by atoms with Gasteiger partial charge in [0.15, 0.2) is 0 Å². The van der Waals surface area contributed by atoms with Crippen LogP contribution in [-0.2, 0) is 20.9 Å². The molecule has 0 saturated carbocycles. The number of amides is 3. The molecular weight excluding hydrogens is 438 g/mol. The summed E-state index contributed by atoms with van der Waals surface area (Å²) in [6.45, 7) is 12.1. The number of rotatable bonds is 7. The van der Waals surface area contributed by atoms with E-state index in [9.17, 15) is 14.4 Å². The summed E-state index contributed by atoms with van der Waals surface area (Å²) >= 11 is 0. The number of piperazine rings is 1. The van der Waals surface area contributed by atoms with Crippen molar-refractivity contribution in [2.45, 2.75) is 47.2 Å². The first kappa shape index (κ1) is 25.0. The second kappa shape index (κ2) is 11.0. The molecule has 1 unspecified atom stereocenters. The van der Waals surface area contributed by atoms with Crippen molar-refractivity contribution in [3.8, 4) is 0 Å². The Hall–Kier alpha value is -3.63. The summed E-state index contributed by atoms with van der Waals surface area (Å²) in [5, 5.41) is 11.5. The molecule has 1 fully saturated rings. The lowest BCUT2D eigenvalue weighted by molar-refractivity contribution is -0.136. The van der Waals surface area contributed by atoms with Gasteiger partial charge in [0, 0.05) is 56.3 Å². The summed E-state index contributed by atoms with van der Waals surface area (Å²) < 4.78 is 8.44. The number of ether oxygens (including phenoxy) is 1. The van der Waals surface area contributed by atoms with Gasteiger partial charge >= 0.3 is 6.09 Å². The summed E-state index contributed by atoms with van der Waals surface area (Å²) in [6.07, 6.45) is 6.23. The Labute approximate surface area is 199 Å². The van der Waals surface area contributed by atoms with Crippen LogP contribution in [0.1, 0.15) is 43.8 Å². The summed E-state index contributed by atoms with van der Waals surface area (Å²) in [5.41, 5.74) is 3.03. The third-order valence-corrected chi connectivity index (χ3v) is 5.90. The summed E-state index contributed by atoms with van der Waals surface area (Å²) in [6, 6.07) is -0.545. The Morgan fingerprint density at radius 3 is 2.44 bits per heavy atom.